The topological polar surface area (TPSA) is 32.3 Å². The molecule has 1 fully saturated rings. The Morgan fingerprint density at radius 2 is 1.81 bits per heavy atom. The molecular weight excluding hydrogens is 364 g/mol. The van der Waals surface area contributed by atoms with Gasteiger partial charge in [0.2, 0.25) is 5.91 Å². The molecule has 0 saturated carbocycles. The van der Waals surface area contributed by atoms with E-state index >= 15 is 0 Å². The summed E-state index contributed by atoms with van der Waals surface area (Å²) in [6, 6.07) is 18.5. The molecule has 0 radical (unpaired) electrons. The van der Waals surface area contributed by atoms with Gasteiger partial charge in [-0.05, 0) is 49.6 Å². The molecule has 1 aliphatic heterocycles. The monoisotopic (exact) mass is 388 g/mol. The van der Waals surface area contributed by atoms with E-state index in [9.17, 15) is 4.79 Å². The molecule has 1 heterocycles. The number of carbonyl (C=O) groups excluding carboxylic acids is 1. The molecule has 26 heavy (non-hydrogen) atoms. The SMILES string of the molecule is CC(Sc1ccc(Cl)cc1)C(=O)NC1CCN(Cc2ccccc2)CC1. The van der Waals surface area contributed by atoms with Crippen LogP contribution in [0.2, 0.25) is 5.02 Å². The summed E-state index contributed by atoms with van der Waals surface area (Å²) in [4.78, 5) is 16.0. The number of thioether (sulfide) groups is 1. The van der Waals surface area contributed by atoms with Crippen molar-refractivity contribution in [2.24, 2.45) is 0 Å². The minimum atomic E-state index is -0.112. The number of carbonyl (C=O) groups is 1. The van der Waals surface area contributed by atoms with Gasteiger partial charge in [-0.1, -0.05) is 41.9 Å². The molecule has 1 saturated heterocycles. The maximum absolute atomic E-state index is 12.5. The molecule has 3 rings (SSSR count). The van der Waals surface area contributed by atoms with Gasteiger partial charge in [-0.15, -0.1) is 11.8 Å². The molecule has 0 bridgehead atoms. The van der Waals surface area contributed by atoms with Crippen molar-refractivity contribution in [1.82, 2.24) is 10.2 Å². The fraction of sp³-hybridized carbons (Fsp3) is 0.381. The molecule has 0 spiro atoms. The summed E-state index contributed by atoms with van der Waals surface area (Å²) in [5.41, 5.74) is 1.35. The molecule has 1 N–H and O–H groups in total. The molecule has 5 heteroatoms. The Morgan fingerprint density at radius 3 is 2.46 bits per heavy atom. The number of piperidine rings is 1. The van der Waals surface area contributed by atoms with Crippen LogP contribution in [0.15, 0.2) is 59.5 Å². The minimum Gasteiger partial charge on any atom is -0.352 e. The third-order valence-electron chi connectivity index (χ3n) is 4.68. The van der Waals surface area contributed by atoms with Crippen molar-refractivity contribution in [2.45, 2.75) is 42.5 Å². The Hall–Kier alpha value is -1.49. The normalized spacial score (nSPS) is 17.0. The van der Waals surface area contributed by atoms with Crippen LogP contribution >= 0.6 is 23.4 Å². The van der Waals surface area contributed by atoms with Gasteiger partial charge in [0.25, 0.3) is 0 Å². The van der Waals surface area contributed by atoms with Crippen LogP contribution in [0.5, 0.6) is 0 Å². The van der Waals surface area contributed by atoms with E-state index in [2.05, 4.69) is 40.5 Å². The van der Waals surface area contributed by atoms with Gasteiger partial charge in [0.05, 0.1) is 5.25 Å². The second-order valence-corrected chi connectivity index (χ2v) is 8.61. The van der Waals surface area contributed by atoms with Crippen molar-refractivity contribution < 1.29 is 4.79 Å². The van der Waals surface area contributed by atoms with Gasteiger partial charge < -0.3 is 5.32 Å². The quantitative estimate of drug-likeness (QED) is 0.734. The largest absolute Gasteiger partial charge is 0.352 e. The maximum Gasteiger partial charge on any atom is 0.233 e. The van der Waals surface area contributed by atoms with Gasteiger partial charge in [-0.2, -0.15) is 0 Å². The summed E-state index contributed by atoms with van der Waals surface area (Å²) in [7, 11) is 0. The molecule has 1 unspecified atom stereocenters. The van der Waals surface area contributed by atoms with Crippen LogP contribution < -0.4 is 5.32 Å². The zero-order chi connectivity index (χ0) is 18.4. The highest BCUT2D eigenvalue weighted by molar-refractivity contribution is 8.00. The van der Waals surface area contributed by atoms with Crippen molar-refractivity contribution in [3.05, 3.63) is 65.2 Å². The van der Waals surface area contributed by atoms with Crippen molar-refractivity contribution in [1.29, 1.82) is 0 Å². The molecule has 138 valence electrons. The van der Waals surface area contributed by atoms with Crippen LogP contribution in [0, 0.1) is 0 Å². The fourth-order valence-corrected chi connectivity index (χ4v) is 4.17. The molecule has 2 aromatic rings. The molecule has 1 amide bonds. The van der Waals surface area contributed by atoms with E-state index in [0.717, 1.165) is 37.4 Å². The first-order chi connectivity index (χ1) is 12.6. The van der Waals surface area contributed by atoms with Gasteiger partial charge in [0.1, 0.15) is 0 Å². The molecule has 0 aromatic heterocycles. The van der Waals surface area contributed by atoms with E-state index in [1.807, 2.05) is 31.2 Å². The van der Waals surface area contributed by atoms with Gasteiger partial charge >= 0.3 is 0 Å². The number of nitrogens with zero attached hydrogens (tertiary/aromatic N) is 1. The second-order valence-electron chi connectivity index (χ2n) is 6.76. The average molecular weight is 389 g/mol. The molecule has 3 nitrogen and oxygen atoms in total. The number of halogens is 1. The van der Waals surface area contributed by atoms with Crippen LogP contribution in [-0.4, -0.2) is 35.2 Å². The Balaban J connectivity index is 1.42. The van der Waals surface area contributed by atoms with Crippen molar-refractivity contribution in [3.8, 4) is 0 Å². The number of hydrogen-bond acceptors (Lipinski definition) is 3. The number of rotatable bonds is 6. The molecule has 0 aliphatic carbocycles. The van der Waals surface area contributed by atoms with E-state index in [1.165, 1.54) is 5.56 Å². The first-order valence-electron chi connectivity index (χ1n) is 9.09. The lowest BCUT2D eigenvalue weighted by Gasteiger charge is -2.32. The Labute approximate surface area is 165 Å². The smallest absolute Gasteiger partial charge is 0.233 e. The second kappa shape index (κ2) is 9.45. The summed E-state index contributed by atoms with van der Waals surface area (Å²) in [5, 5.41) is 3.83. The highest BCUT2D eigenvalue weighted by Crippen LogP contribution is 2.25. The number of nitrogens with one attached hydrogen (secondary N) is 1. The minimum absolute atomic E-state index is 0.112. The zero-order valence-electron chi connectivity index (χ0n) is 15.0. The summed E-state index contributed by atoms with van der Waals surface area (Å²) < 4.78 is 0. The van der Waals surface area contributed by atoms with Crippen molar-refractivity contribution in [3.63, 3.8) is 0 Å². The number of likely N-dealkylation sites (tertiary alicyclic amines) is 1. The molecule has 1 atom stereocenters. The van der Waals surface area contributed by atoms with Crippen molar-refractivity contribution in [2.75, 3.05) is 13.1 Å². The van der Waals surface area contributed by atoms with Gasteiger partial charge in [0.15, 0.2) is 0 Å². The summed E-state index contributed by atoms with van der Waals surface area (Å²) in [6.45, 7) is 5.00. The molecule has 2 aromatic carbocycles. The third kappa shape index (κ3) is 5.76. The zero-order valence-corrected chi connectivity index (χ0v) is 16.6. The molecule has 1 aliphatic rings. The number of hydrogen-bond donors (Lipinski definition) is 1. The lowest BCUT2D eigenvalue weighted by Crippen LogP contribution is -2.46. The van der Waals surface area contributed by atoms with Crippen LogP contribution in [0.3, 0.4) is 0 Å². The predicted molar refractivity (Wildman–Crippen MR) is 110 cm³/mol. The highest BCUT2D eigenvalue weighted by Gasteiger charge is 2.23. The van der Waals surface area contributed by atoms with Gasteiger partial charge in [0, 0.05) is 35.6 Å². The standard InChI is InChI=1S/C21H25ClN2OS/c1-16(26-20-9-7-18(22)8-10-20)21(25)23-19-11-13-24(14-12-19)15-17-5-3-2-4-6-17/h2-10,16,19H,11-15H2,1H3,(H,23,25). The maximum atomic E-state index is 12.5. The Kier molecular flexibility index (Phi) is 7.00. The Morgan fingerprint density at radius 1 is 1.15 bits per heavy atom. The average Bonchev–Trinajstić information content (AvgIpc) is 2.66. The first-order valence-corrected chi connectivity index (χ1v) is 10.3. The number of benzene rings is 2. The summed E-state index contributed by atoms with van der Waals surface area (Å²) in [5.74, 6) is 0.117. The lowest BCUT2D eigenvalue weighted by atomic mass is 10.0. The van der Waals surface area contributed by atoms with E-state index < -0.39 is 0 Å². The van der Waals surface area contributed by atoms with Crippen LogP contribution in [0.1, 0.15) is 25.3 Å². The molecular formula is C21H25ClN2OS. The fourth-order valence-electron chi connectivity index (χ4n) is 3.17. The van der Waals surface area contributed by atoms with Crippen LogP contribution in [0.25, 0.3) is 0 Å². The number of amides is 1. The summed E-state index contributed by atoms with van der Waals surface area (Å²) in [6.07, 6.45) is 2.02. The van der Waals surface area contributed by atoms with E-state index in [-0.39, 0.29) is 17.2 Å². The Bertz CT molecular complexity index is 700. The highest BCUT2D eigenvalue weighted by atomic mass is 35.5. The van der Waals surface area contributed by atoms with Crippen LogP contribution in [0.4, 0.5) is 0 Å². The third-order valence-corrected chi connectivity index (χ3v) is 6.04. The summed E-state index contributed by atoms with van der Waals surface area (Å²) >= 11 is 7.48. The van der Waals surface area contributed by atoms with Crippen molar-refractivity contribution >= 4 is 29.3 Å². The van der Waals surface area contributed by atoms with Gasteiger partial charge in [-0.25, -0.2) is 0 Å². The van der Waals surface area contributed by atoms with Gasteiger partial charge in [-0.3, -0.25) is 9.69 Å². The van der Waals surface area contributed by atoms with E-state index in [0.29, 0.717) is 5.02 Å². The lowest BCUT2D eigenvalue weighted by molar-refractivity contribution is -0.121. The predicted octanol–water partition coefficient (Wildman–Crippen LogP) is 4.60. The van der Waals surface area contributed by atoms with E-state index in [1.54, 1.807) is 11.8 Å². The van der Waals surface area contributed by atoms with Crippen LogP contribution in [-0.2, 0) is 11.3 Å². The van der Waals surface area contributed by atoms with E-state index in [4.69, 9.17) is 11.6 Å². The first kappa shape index (κ1) is 19.3.